The van der Waals surface area contributed by atoms with Crippen molar-refractivity contribution in [3.63, 3.8) is 0 Å². The van der Waals surface area contributed by atoms with Crippen LogP contribution in [0.4, 0.5) is 10.5 Å². The van der Waals surface area contributed by atoms with E-state index in [1.807, 2.05) is 30.3 Å². The monoisotopic (exact) mass is 432 g/mol. The van der Waals surface area contributed by atoms with Crippen molar-refractivity contribution in [2.24, 2.45) is 0 Å². The molecule has 7 heteroatoms. The average molecular weight is 433 g/mol. The van der Waals surface area contributed by atoms with E-state index in [4.69, 9.17) is 4.42 Å². The van der Waals surface area contributed by atoms with Gasteiger partial charge in [0.2, 0.25) is 5.89 Å². The third-order valence-corrected chi connectivity index (χ3v) is 5.58. The predicted octanol–water partition coefficient (Wildman–Crippen LogP) is 4.77. The molecule has 0 unspecified atom stereocenters. The SMILES string of the molecule is O=C(NCCc1coc(-c2ccccc2)n1)Nc1ccc(C(=O)NC2CCCCC2)cc1. The molecule has 0 saturated heterocycles. The Morgan fingerprint density at radius 2 is 1.72 bits per heavy atom. The topological polar surface area (TPSA) is 96.3 Å². The molecule has 4 rings (SSSR count). The Kier molecular flexibility index (Phi) is 7.17. The van der Waals surface area contributed by atoms with Gasteiger partial charge in [-0.25, -0.2) is 9.78 Å². The zero-order chi connectivity index (χ0) is 22.2. The number of carbonyl (C=O) groups is 2. The lowest BCUT2D eigenvalue weighted by molar-refractivity contribution is 0.0927. The van der Waals surface area contributed by atoms with E-state index in [-0.39, 0.29) is 18.0 Å². The molecule has 0 atom stereocenters. The van der Waals surface area contributed by atoms with Crippen molar-refractivity contribution < 1.29 is 14.0 Å². The zero-order valence-electron chi connectivity index (χ0n) is 18.0. The van der Waals surface area contributed by atoms with Crippen LogP contribution in [0.3, 0.4) is 0 Å². The number of amides is 3. The molecule has 0 spiro atoms. The van der Waals surface area contributed by atoms with E-state index in [2.05, 4.69) is 20.9 Å². The molecule has 0 bridgehead atoms. The first-order valence-electron chi connectivity index (χ1n) is 11.1. The van der Waals surface area contributed by atoms with Crippen LogP contribution in [-0.4, -0.2) is 29.5 Å². The van der Waals surface area contributed by atoms with Gasteiger partial charge in [0.25, 0.3) is 5.91 Å². The number of aromatic nitrogens is 1. The summed E-state index contributed by atoms with van der Waals surface area (Å²) in [6, 6.07) is 16.6. The third kappa shape index (κ3) is 5.97. The molecule has 2 aromatic carbocycles. The van der Waals surface area contributed by atoms with Crippen LogP contribution < -0.4 is 16.0 Å². The van der Waals surface area contributed by atoms with Crippen LogP contribution in [-0.2, 0) is 6.42 Å². The van der Waals surface area contributed by atoms with Gasteiger partial charge < -0.3 is 20.4 Å². The van der Waals surface area contributed by atoms with Gasteiger partial charge in [-0.2, -0.15) is 0 Å². The van der Waals surface area contributed by atoms with Gasteiger partial charge in [0.15, 0.2) is 0 Å². The smallest absolute Gasteiger partial charge is 0.319 e. The third-order valence-electron chi connectivity index (χ3n) is 5.58. The molecule has 1 fully saturated rings. The maximum atomic E-state index is 12.4. The Hall–Kier alpha value is -3.61. The van der Waals surface area contributed by atoms with Crippen LogP contribution in [0, 0.1) is 0 Å². The highest BCUT2D eigenvalue weighted by Crippen LogP contribution is 2.19. The lowest BCUT2D eigenvalue weighted by Crippen LogP contribution is -2.36. The molecule has 0 aliphatic heterocycles. The first-order valence-corrected chi connectivity index (χ1v) is 11.1. The second-order valence-corrected chi connectivity index (χ2v) is 8.03. The van der Waals surface area contributed by atoms with E-state index in [9.17, 15) is 9.59 Å². The standard InChI is InChI=1S/C25H28N4O3/c30-23(27-20-9-5-2-6-10-20)18-11-13-21(14-12-18)29-25(31)26-16-15-22-17-32-24(28-22)19-7-3-1-4-8-19/h1,3-4,7-8,11-14,17,20H,2,5-6,9-10,15-16H2,(H,27,30)(H2,26,29,31). The molecule has 166 valence electrons. The van der Waals surface area contributed by atoms with Crippen LogP contribution in [0.2, 0.25) is 0 Å². The number of nitrogens with zero attached hydrogens (tertiary/aromatic N) is 1. The van der Waals surface area contributed by atoms with Crippen LogP contribution in [0.15, 0.2) is 65.3 Å². The second kappa shape index (κ2) is 10.6. The van der Waals surface area contributed by atoms with Crippen molar-refractivity contribution in [2.45, 2.75) is 44.6 Å². The van der Waals surface area contributed by atoms with Crippen molar-refractivity contribution in [2.75, 3.05) is 11.9 Å². The fourth-order valence-corrected chi connectivity index (χ4v) is 3.84. The molecular formula is C25H28N4O3. The Morgan fingerprint density at radius 1 is 0.969 bits per heavy atom. The van der Waals surface area contributed by atoms with Gasteiger partial charge in [-0.3, -0.25) is 4.79 Å². The first kappa shape index (κ1) is 21.6. The van der Waals surface area contributed by atoms with Crippen LogP contribution in [0.25, 0.3) is 11.5 Å². The van der Waals surface area contributed by atoms with Crippen molar-refractivity contribution in [1.82, 2.24) is 15.6 Å². The van der Waals surface area contributed by atoms with E-state index >= 15 is 0 Å². The van der Waals surface area contributed by atoms with Crippen molar-refractivity contribution >= 4 is 17.6 Å². The summed E-state index contributed by atoms with van der Waals surface area (Å²) in [6.07, 6.45) is 7.87. The summed E-state index contributed by atoms with van der Waals surface area (Å²) in [6.45, 7) is 0.425. The van der Waals surface area contributed by atoms with Crippen LogP contribution >= 0.6 is 0 Å². The van der Waals surface area contributed by atoms with Gasteiger partial charge in [0, 0.05) is 35.8 Å². The number of urea groups is 1. The number of carbonyl (C=O) groups excluding carboxylic acids is 2. The van der Waals surface area contributed by atoms with Gasteiger partial charge in [-0.1, -0.05) is 37.5 Å². The van der Waals surface area contributed by atoms with E-state index < -0.39 is 0 Å². The molecule has 3 amide bonds. The molecule has 0 radical (unpaired) electrons. The number of benzene rings is 2. The van der Waals surface area contributed by atoms with Gasteiger partial charge >= 0.3 is 6.03 Å². The number of oxazole rings is 1. The Morgan fingerprint density at radius 3 is 2.47 bits per heavy atom. The maximum Gasteiger partial charge on any atom is 0.319 e. The van der Waals surface area contributed by atoms with Crippen molar-refractivity contribution in [3.8, 4) is 11.5 Å². The Labute approximate surface area is 187 Å². The normalized spacial score (nSPS) is 14.0. The summed E-state index contributed by atoms with van der Waals surface area (Å²) in [7, 11) is 0. The second-order valence-electron chi connectivity index (χ2n) is 8.03. The summed E-state index contributed by atoms with van der Waals surface area (Å²) in [4.78, 5) is 29.0. The van der Waals surface area contributed by atoms with Crippen molar-refractivity contribution in [3.05, 3.63) is 72.1 Å². The minimum Gasteiger partial charge on any atom is -0.444 e. The fourth-order valence-electron chi connectivity index (χ4n) is 3.84. The number of hydrogen-bond acceptors (Lipinski definition) is 4. The van der Waals surface area contributed by atoms with Gasteiger partial charge in [0.1, 0.15) is 6.26 Å². The van der Waals surface area contributed by atoms with E-state index in [0.29, 0.717) is 30.1 Å². The molecule has 1 heterocycles. The molecule has 32 heavy (non-hydrogen) atoms. The minimum absolute atomic E-state index is 0.0598. The number of hydrogen-bond donors (Lipinski definition) is 3. The van der Waals surface area contributed by atoms with Gasteiger partial charge in [0.05, 0.1) is 5.69 Å². The number of rotatable bonds is 7. The average Bonchev–Trinajstić information content (AvgIpc) is 3.30. The lowest BCUT2D eigenvalue weighted by atomic mass is 9.95. The number of anilines is 1. The highest BCUT2D eigenvalue weighted by Gasteiger charge is 2.16. The molecular weight excluding hydrogens is 404 g/mol. The fraction of sp³-hybridized carbons (Fsp3) is 0.320. The number of nitrogens with one attached hydrogen (secondary N) is 3. The minimum atomic E-state index is -0.309. The zero-order valence-corrected chi connectivity index (χ0v) is 18.0. The molecule has 1 aromatic heterocycles. The lowest BCUT2D eigenvalue weighted by Gasteiger charge is -2.22. The van der Waals surface area contributed by atoms with Crippen LogP contribution in [0.1, 0.15) is 48.2 Å². The van der Waals surface area contributed by atoms with E-state index in [0.717, 1.165) is 24.1 Å². The summed E-state index contributed by atoms with van der Waals surface area (Å²) >= 11 is 0. The summed E-state index contributed by atoms with van der Waals surface area (Å²) in [5, 5.41) is 8.69. The molecule has 1 aliphatic carbocycles. The van der Waals surface area contributed by atoms with E-state index in [1.165, 1.54) is 19.3 Å². The highest BCUT2D eigenvalue weighted by atomic mass is 16.3. The largest absolute Gasteiger partial charge is 0.444 e. The van der Waals surface area contributed by atoms with E-state index in [1.54, 1.807) is 30.5 Å². The van der Waals surface area contributed by atoms with Crippen LogP contribution in [0.5, 0.6) is 0 Å². The molecule has 7 nitrogen and oxygen atoms in total. The van der Waals surface area contributed by atoms with Crippen molar-refractivity contribution in [1.29, 1.82) is 0 Å². The summed E-state index contributed by atoms with van der Waals surface area (Å²) < 4.78 is 5.51. The molecule has 3 aromatic rings. The van der Waals surface area contributed by atoms with Gasteiger partial charge in [-0.15, -0.1) is 0 Å². The summed E-state index contributed by atoms with van der Waals surface area (Å²) in [5.41, 5.74) is 2.92. The summed E-state index contributed by atoms with van der Waals surface area (Å²) in [5.74, 6) is 0.507. The highest BCUT2D eigenvalue weighted by molar-refractivity contribution is 5.95. The first-order chi connectivity index (χ1) is 15.7. The predicted molar refractivity (Wildman–Crippen MR) is 123 cm³/mol. The quantitative estimate of drug-likeness (QED) is 0.501. The molecule has 3 N–H and O–H groups in total. The maximum absolute atomic E-state index is 12.4. The Balaban J connectivity index is 1.20. The molecule has 1 saturated carbocycles. The molecule has 1 aliphatic rings. The van der Waals surface area contributed by atoms with Gasteiger partial charge in [-0.05, 0) is 49.2 Å². The Bertz CT molecular complexity index is 1020.